The van der Waals surface area contributed by atoms with Crippen molar-refractivity contribution < 1.29 is 14.2 Å². The summed E-state index contributed by atoms with van der Waals surface area (Å²) in [5.74, 6) is 1.47. The van der Waals surface area contributed by atoms with Crippen molar-refractivity contribution in [2.24, 2.45) is 11.1 Å². The third kappa shape index (κ3) is 5.26. The number of carbonyl (C=O) groups excluding carboxylic acids is 1. The maximum Gasteiger partial charge on any atom is 0.301 e. The van der Waals surface area contributed by atoms with Crippen molar-refractivity contribution in [3.63, 3.8) is 0 Å². The summed E-state index contributed by atoms with van der Waals surface area (Å²) in [4.78, 5) is 31.1. The van der Waals surface area contributed by atoms with Crippen molar-refractivity contribution in [1.82, 2.24) is 4.98 Å². The third-order valence-corrected chi connectivity index (χ3v) is 6.22. The fourth-order valence-electron chi connectivity index (χ4n) is 4.12. The Morgan fingerprint density at radius 1 is 1.05 bits per heavy atom. The first-order valence-corrected chi connectivity index (χ1v) is 12.5. The van der Waals surface area contributed by atoms with Crippen LogP contribution in [0.5, 0.6) is 0 Å². The molecule has 0 aliphatic carbocycles. The summed E-state index contributed by atoms with van der Waals surface area (Å²) in [6, 6.07) is 21.2. The SMILES string of the molecule is CC(C)CNc1nc[nH+]c2oc(-c3ccc(NC(=O)c4cccc(N=O)c4)cc3)c(-c3ccc(Cl)cc3)c12. The van der Waals surface area contributed by atoms with E-state index in [0.29, 0.717) is 33.7 Å². The average Bonchev–Trinajstić information content (AvgIpc) is 3.33. The standard InChI is InChI=1S/C29H24ClN5O3/c1-17(2)15-31-27-25-24(18-6-10-21(30)11-7-18)26(38-29(25)33-16-32-27)19-8-12-22(13-9-19)34-28(36)20-4-3-5-23(14-20)35-37/h3-14,16-17H,15H2,1-2H3,(H,34,36)(H,31,32,33)/p+1. The molecule has 0 saturated heterocycles. The zero-order valence-electron chi connectivity index (χ0n) is 20.8. The highest BCUT2D eigenvalue weighted by molar-refractivity contribution is 6.30. The van der Waals surface area contributed by atoms with Crippen molar-refractivity contribution in [2.75, 3.05) is 17.2 Å². The van der Waals surface area contributed by atoms with E-state index in [9.17, 15) is 9.70 Å². The number of nitroso groups, excluding NO2 is 1. The molecule has 38 heavy (non-hydrogen) atoms. The summed E-state index contributed by atoms with van der Waals surface area (Å²) in [5.41, 5.74) is 4.35. The van der Waals surface area contributed by atoms with Gasteiger partial charge in [-0.15, -0.1) is 4.91 Å². The van der Waals surface area contributed by atoms with E-state index in [4.69, 9.17) is 16.0 Å². The van der Waals surface area contributed by atoms with Gasteiger partial charge < -0.3 is 15.1 Å². The number of amides is 1. The highest BCUT2D eigenvalue weighted by Crippen LogP contribution is 2.42. The molecule has 0 radical (unpaired) electrons. The van der Waals surface area contributed by atoms with E-state index in [1.807, 2.05) is 36.4 Å². The predicted octanol–water partition coefficient (Wildman–Crippen LogP) is 7.35. The number of benzene rings is 3. The highest BCUT2D eigenvalue weighted by Gasteiger charge is 2.25. The van der Waals surface area contributed by atoms with Gasteiger partial charge in [0.05, 0.1) is 0 Å². The maximum atomic E-state index is 12.7. The summed E-state index contributed by atoms with van der Waals surface area (Å²) in [6.45, 7) is 5.03. The molecule has 0 spiro atoms. The number of hydrogen-bond donors (Lipinski definition) is 2. The Balaban J connectivity index is 1.53. The Morgan fingerprint density at radius 2 is 1.79 bits per heavy atom. The van der Waals surface area contributed by atoms with Crippen molar-refractivity contribution in [3.05, 3.63) is 94.6 Å². The molecule has 0 aliphatic heterocycles. The number of hydrogen-bond acceptors (Lipinski definition) is 6. The molecule has 190 valence electrons. The van der Waals surface area contributed by atoms with Gasteiger partial charge in [0.15, 0.2) is 0 Å². The van der Waals surface area contributed by atoms with Gasteiger partial charge >= 0.3 is 5.71 Å². The van der Waals surface area contributed by atoms with Gasteiger partial charge in [-0.3, -0.25) is 4.79 Å². The van der Waals surface area contributed by atoms with Gasteiger partial charge in [-0.1, -0.05) is 43.6 Å². The maximum absolute atomic E-state index is 12.7. The number of H-pyrrole nitrogens is 1. The monoisotopic (exact) mass is 526 g/mol. The second-order valence-corrected chi connectivity index (χ2v) is 9.65. The number of furan rings is 1. The molecule has 5 aromatic rings. The van der Waals surface area contributed by atoms with Gasteiger partial charge in [0.25, 0.3) is 18.1 Å². The Bertz CT molecular complexity index is 1610. The van der Waals surface area contributed by atoms with Crippen LogP contribution >= 0.6 is 11.6 Å². The van der Waals surface area contributed by atoms with Crippen molar-refractivity contribution in [2.45, 2.75) is 13.8 Å². The summed E-state index contributed by atoms with van der Waals surface area (Å²) in [7, 11) is 0. The Hall–Kier alpha value is -4.56. The van der Waals surface area contributed by atoms with Crippen LogP contribution in [0.15, 0.2) is 88.7 Å². The Labute approximate surface area is 224 Å². The van der Waals surface area contributed by atoms with Crippen LogP contribution in [0.2, 0.25) is 5.02 Å². The number of nitrogens with zero attached hydrogens (tertiary/aromatic N) is 2. The minimum absolute atomic E-state index is 0.196. The van der Waals surface area contributed by atoms with Crippen LogP contribution < -0.4 is 15.6 Å². The Kier molecular flexibility index (Phi) is 7.15. The lowest BCUT2D eigenvalue weighted by Gasteiger charge is -2.08. The Morgan fingerprint density at radius 3 is 2.50 bits per heavy atom. The smallest absolute Gasteiger partial charge is 0.301 e. The zero-order chi connectivity index (χ0) is 26.6. The van der Waals surface area contributed by atoms with Gasteiger partial charge in [0, 0.05) is 33.9 Å². The number of halogens is 1. The lowest BCUT2D eigenvalue weighted by Crippen LogP contribution is -2.12. The van der Waals surface area contributed by atoms with Crippen LogP contribution in [0.4, 0.5) is 17.2 Å². The van der Waals surface area contributed by atoms with Gasteiger partial charge in [-0.2, -0.15) is 0 Å². The molecule has 0 bridgehead atoms. The molecule has 0 unspecified atom stereocenters. The normalized spacial score (nSPS) is 11.1. The predicted molar refractivity (Wildman–Crippen MR) is 150 cm³/mol. The first-order chi connectivity index (χ1) is 18.4. The van der Waals surface area contributed by atoms with Gasteiger partial charge in [-0.25, -0.2) is 4.98 Å². The molecule has 5 rings (SSSR count). The van der Waals surface area contributed by atoms with E-state index >= 15 is 0 Å². The molecule has 9 heteroatoms. The van der Waals surface area contributed by atoms with Crippen LogP contribution in [-0.4, -0.2) is 17.4 Å². The van der Waals surface area contributed by atoms with E-state index in [1.165, 1.54) is 6.07 Å². The molecule has 3 N–H and O–H groups in total. The fraction of sp³-hybridized carbons (Fsp3) is 0.138. The molecule has 3 aromatic carbocycles. The second kappa shape index (κ2) is 10.8. The molecule has 0 aliphatic rings. The summed E-state index contributed by atoms with van der Waals surface area (Å²) in [6.07, 6.45) is 1.61. The van der Waals surface area contributed by atoms with E-state index in [0.717, 1.165) is 34.4 Å². The van der Waals surface area contributed by atoms with Gasteiger partial charge in [0.1, 0.15) is 16.8 Å². The second-order valence-electron chi connectivity index (χ2n) is 9.22. The van der Waals surface area contributed by atoms with Crippen LogP contribution in [-0.2, 0) is 0 Å². The summed E-state index contributed by atoms with van der Waals surface area (Å²) < 4.78 is 6.34. The molecule has 0 saturated carbocycles. The summed E-state index contributed by atoms with van der Waals surface area (Å²) in [5, 5.41) is 10.7. The minimum Gasteiger partial charge on any atom is -0.421 e. The first kappa shape index (κ1) is 25.1. The van der Waals surface area contributed by atoms with Gasteiger partial charge in [-0.05, 0) is 76.2 Å². The number of fused-ring (bicyclic) bond motifs is 1. The quantitative estimate of drug-likeness (QED) is 0.205. The van der Waals surface area contributed by atoms with Crippen LogP contribution in [0.3, 0.4) is 0 Å². The van der Waals surface area contributed by atoms with Crippen LogP contribution in [0.25, 0.3) is 33.6 Å². The number of anilines is 2. The molecule has 8 nitrogen and oxygen atoms in total. The van der Waals surface area contributed by atoms with E-state index in [2.05, 4.69) is 39.6 Å². The third-order valence-electron chi connectivity index (χ3n) is 5.96. The lowest BCUT2D eigenvalue weighted by atomic mass is 9.99. The molecular weight excluding hydrogens is 502 g/mol. The molecule has 0 atom stereocenters. The zero-order valence-corrected chi connectivity index (χ0v) is 21.5. The van der Waals surface area contributed by atoms with Crippen LogP contribution in [0.1, 0.15) is 24.2 Å². The van der Waals surface area contributed by atoms with E-state index < -0.39 is 0 Å². The molecule has 2 heterocycles. The summed E-state index contributed by atoms with van der Waals surface area (Å²) >= 11 is 6.17. The highest BCUT2D eigenvalue weighted by atomic mass is 35.5. The molecule has 0 fully saturated rings. The largest absolute Gasteiger partial charge is 0.421 e. The van der Waals surface area contributed by atoms with Gasteiger partial charge in [0.2, 0.25) is 0 Å². The number of rotatable bonds is 8. The van der Waals surface area contributed by atoms with Crippen molar-refractivity contribution >= 4 is 45.8 Å². The minimum atomic E-state index is -0.338. The van der Waals surface area contributed by atoms with E-state index in [-0.39, 0.29) is 11.6 Å². The number of aromatic amines is 1. The number of carbonyl (C=O) groups is 1. The first-order valence-electron chi connectivity index (χ1n) is 12.1. The van der Waals surface area contributed by atoms with E-state index in [1.54, 1.807) is 36.7 Å². The molecular formula is C29H25ClN5O3+. The molecule has 1 amide bonds. The topological polar surface area (TPSA) is 111 Å². The number of aromatic nitrogens is 2. The molecule has 2 aromatic heterocycles. The van der Waals surface area contributed by atoms with Crippen LogP contribution in [0, 0.1) is 10.8 Å². The van der Waals surface area contributed by atoms with Crippen molar-refractivity contribution in [3.8, 4) is 22.5 Å². The van der Waals surface area contributed by atoms with Crippen molar-refractivity contribution in [1.29, 1.82) is 0 Å². The lowest BCUT2D eigenvalue weighted by molar-refractivity contribution is -0.360. The fourth-order valence-corrected chi connectivity index (χ4v) is 4.25. The number of nitrogens with one attached hydrogen (secondary N) is 3. The average molecular weight is 527 g/mol.